The van der Waals surface area contributed by atoms with Crippen LogP contribution in [0.5, 0.6) is 0 Å². The van der Waals surface area contributed by atoms with Gasteiger partial charge in [-0.25, -0.2) is 4.98 Å². The van der Waals surface area contributed by atoms with Crippen LogP contribution in [0.2, 0.25) is 0 Å². The van der Waals surface area contributed by atoms with Gasteiger partial charge in [-0.1, -0.05) is 48.5 Å². The van der Waals surface area contributed by atoms with Crippen molar-refractivity contribution in [3.63, 3.8) is 0 Å². The van der Waals surface area contributed by atoms with E-state index < -0.39 is 3.93 Å². The normalized spacial score (nSPS) is 11.7. The van der Waals surface area contributed by atoms with Gasteiger partial charge in [0.2, 0.25) is 0 Å². The second-order valence-corrected chi connectivity index (χ2v) is 7.41. The zero-order valence-electron chi connectivity index (χ0n) is 14.4. The Morgan fingerprint density at radius 1 is 1.07 bits per heavy atom. The molecule has 0 aliphatic heterocycles. The highest BCUT2D eigenvalue weighted by Gasteiger charge is 2.29. The SMILES string of the molecule is O=c1cc(CNc2ccccc2C(F)(F)I)nc2nc(-c3ccccc3)[nH]n12. The van der Waals surface area contributed by atoms with Gasteiger partial charge in [0.1, 0.15) is 0 Å². The number of rotatable bonds is 5. The lowest BCUT2D eigenvalue weighted by molar-refractivity contribution is 0.128. The molecule has 2 aromatic carbocycles. The Morgan fingerprint density at radius 2 is 1.79 bits per heavy atom. The first-order valence-electron chi connectivity index (χ1n) is 8.36. The van der Waals surface area contributed by atoms with Crippen LogP contribution in [0.15, 0.2) is 65.5 Å². The number of hydrogen-bond acceptors (Lipinski definition) is 4. The summed E-state index contributed by atoms with van der Waals surface area (Å²) in [7, 11) is 0. The Kier molecular flexibility index (Phi) is 4.84. The van der Waals surface area contributed by atoms with Crippen LogP contribution in [-0.4, -0.2) is 19.6 Å². The van der Waals surface area contributed by atoms with Gasteiger partial charge in [-0.3, -0.25) is 9.89 Å². The minimum Gasteiger partial charge on any atom is -0.379 e. The molecule has 2 aromatic heterocycles. The molecule has 9 heteroatoms. The molecule has 0 aliphatic rings. The van der Waals surface area contributed by atoms with Gasteiger partial charge in [-0.05, 0) is 6.07 Å². The number of aromatic nitrogens is 4. The quantitative estimate of drug-likeness (QED) is 0.323. The van der Waals surface area contributed by atoms with E-state index in [9.17, 15) is 13.6 Å². The minimum absolute atomic E-state index is 0.114. The lowest BCUT2D eigenvalue weighted by Crippen LogP contribution is -2.17. The van der Waals surface area contributed by atoms with Crippen LogP contribution in [0.3, 0.4) is 0 Å². The molecule has 0 radical (unpaired) electrons. The van der Waals surface area contributed by atoms with E-state index >= 15 is 0 Å². The van der Waals surface area contributed by atoms with Crippen LogP contribution >= 0.6 is 22.6 Å². The summed E-state index contributed by atoms with van der Waals surface area (Å²) in [5.74, 6) is 0.737. The average Bonchev–Trinajstić information content (AvgIpc) is 3.11. The van der Waals surface area contributed by atoms with E-state index in [2.05, 4.69) is 20.4 Å². The van der Waals surface area contributed by atoms with Crippen LogP contribution in [-0.2, 0) is 10.5 Å². The Morgan fingerprint density at radius 3 is 2.54 bits per heavy atom. The molecule has 0 fully saturated rings. The number of nitrogens with zero attached hydrogens (tertiary/aromatic N) is 3. The van der Waals surface area contributed by atoms with Crippen LogP contribution in [0, 0.1) is 0 Å². The minimum atomic E-state index is -3.01. The highest BCUT2D eigenvalue weighted by Crippen LogP contribution is 2.39. The summed E-state index contributed by atoms with van der Waals surface area (Å²) in [5, 5.41) is 5.85. The highest BCUT2D eigenvalue weighted by atomic mass is 127. The number of hydrogen-bond donors (Lipinski definition) is 2. The third-order valence-corrected chi connectivity index (χ3v) is 4.70. The van der Waals surface area contributed by atoms with Crippen LogP contribution in [0.1, 0.15) is 11.3 Å². The molecule has 0 saturated carbocycles. The molecular weight excluding hydrogens is 479 g/mol. The number of anilines is 1. The molecule has 0 amide bonds. The van der Waals surface area contributed by atoms with Crippen molar-refractivity contribution in [2.75, 3.05) is 5.32 Å². The number of H-pyrrole nitrogens is 1. The number of aromatic amines is 1. The first-order valence-corrected chi connectivity index (χ1v) is 9.44. The summed E-state index contributed by atoms with van der Waals surface area (Å²) >= 11 is 1.09. The summed E-state index contributed by atoms with van der Waals surface area (Å²) in [6, 6.07) is 16.9. The van der Waals surface area contributed by atoms with Gasteiger partial charge >= 0.3 is 3.93 Å². The first-order chi connectivity index (χ1) is 13.4. The van der Waals surface area contributed by atoms with Crippen molar-refractivity contribution in [2.45, 2.75) is 10.5 Å². The Bertz CT molecular complexity index is 1180. The monoisotopic (exact) mass is 493 g/mol. The second-order valence-electron chi connectivity index (χ2n) is 6.06. The van der Waals surface area contributed by atoms with Crippen LogP contribution < -0.4 is 10.9 Å². The van der Waals surface area contributed by atoms with Gasteiger partial charge in [0, 0.05) is 39.9 Å². The predicted molar refractivity (Wildman–Crippen MR) is 111 cm³/mol. The van der Waals surface area contributed by atoms with E-state index in [1.807, 2.05) is 30.3 Å². The summed E-state index contributed by atoms with van der Waals surface area (Å²) < 4.78 is 25.7. The van der Waals surface area contributed by atoms with Gasteiger partial charge in [0.05, 0.1) is 17.8 Å². The molecule has 2 N–H and O–H groups in total. The molecule has 28 heavy (non-hydrogen) atoms. The molecule has 142 valence electrons. The average molecular weight is 493 g/mol. The van der Waals surface area contributed by atoms with Crippen molar-refractivity contribution in [3.05, 3.63) is 82.3 Å². The van der Waals surface area contributed by atoms with E-state index in [0.29, 0.717) is 11.5 Å². The van der Waals surface area contributed by atoms with Crippen molar-refractivity contribution < 1.29 is 8.78 Å². The van der Waals surface area contributed by atoms with Crippen molar-refractivity contribution in [3.8, 4) is 11.4 Å². The molecule has 0 bridgehead atoms. The van der Waals surface area contributed by atoms with Gasteiger partial charge < -0.3 is 5.32 Å². The number of benzene rings is 2. The molecule has 0 spiro atoms. The number of fused-ring (bicyclic) bond motifs is 1. The number of halogens is 3. The molecule has 4 aromatic rings. The molecule has 6 nitrogen and oxygen atoms in total. The Balaban J connectivity index is 1.63. The Labute approximate surface area is 171 Å². The summed E-state index contributed by atoms with van der Waals surface area (Å²) in [5.41, 5.74) is 1.06. The zero-order chi connectivity index (χ0) is 19.7. The summed E-state index contributed by atoms with van der Waals surface area (Å²) in [6.45, 7) is 0.114. The van der Waals surface area contributed by atoms with Gasteiger partial charge in [0.15, 0.2) is 5.82 Å². The van der Waals surface area contributed by atoms with E-state index in [-0.39, 0.29) is 29.1 Å². The lowest BCUT2D eigenvalue weighted by Gasteiger charge is -2.15. The number of alkyl halides is 3. The number of nitrogens with one attached hydrogen (secondary N) is 2. The maximum absolute atomic E-state index is 13.7. The topological polar surface area (TPSA) is 75.1 Å². The van der Waals surface area contributed by atoms with E-state index in [1.165, 1.54) is 16.6 Å². The maximum atomic E-state index is 13.7. The van der Waals surface area contributed by atoms with Gasteiger partial charge in [-0.15, -0.1) is 0 Å². The molecule has 0 aliphatic carbocycles. The van der Waals surface area contributed by atoms with Crippen molar-refractivity contribution in [1.29, 1.82) is 0 Å². The summed E-state index contributed by atoms with van der Waals surface area (Å²) in [6.07, 6.45) is 0. The molecule has 4 rings (SSSR count). The van der Waals surface area contributed by atoms with E-state index in [4.69, 9.17) is 0 Å². The molecule has 2 heterocycles. The van der Waals surface area contributed by atoms with Gasteiger partial charge in [0.25, 0.3) is 11.3 Å². The predicted octanol–water partition coefficient (Wildman–Crippen LogP) is 4.18. The second kappa shape index (κ2) is 7.30. The fraction of sp³-hybridized carbons (Fsp3) is 0.105. The molecule has 0 unspecified atom stereocenters. The standard InChI is InChI=1S/C19H14F2IN5O/c20-19(21,22)14-8-4-5-9-15(14)23-11-13-10-16(28)27-18(24-13)25-17(26-27)12-6-2-1-3-7-12/h1-10,23H,11H2,(H,24,25,26). The largest absolute Gasteiger partial charge is 0.379 e. The third kappa shape index (κ3) is 3.75. The van der Waals surface area contributed by atoms with Crippen LogP contribution in [0.25, 0.3) is 17.2 Å². The van der Waals surface area contributed by atoms with E-state index in [1.54, 1.807) is 18.2 Å². The van der Waals surface area contributed by atoms with Crippen molar-refractivity contribution in [1.82, 2.24) is 19.6 Å². The summed E-state index contributed by atoms with van der Waals surface area (Å²) in [4.78, 5) is 21.1. The van der Waals surface area contributed by atoms with Crippen molar-refractivity contribution in [2.24, 2.45) is 0 Å². The fourth-order valence-corrected chi connectivity index (χ4v) is 3.28. The third-order valence-electron chi connectivity index (χ3n) is 4.12. The smallest absolute Gasteiger partial charge is 0.323 e. The lowest BCUT2D eigenvalue weighted by atomic mass is 10.2. The Hall–Kier alpha value is -2.82. The first kappa shape index (κ1) is 18.5. The molecule has 0 saturated heterocycles. The van der Waals surface area contributed by atoms with Gasteiger partial charge in [-0.2, -0.15) is 18.3 Å². The number of para-hydroxylation sites is 1. The van der Waals surface area contributed by atoms with E-state index in [0.717, 1.165) is 28.2 Å². The molecule has 0 atom stereocenters. The highest BCUT2D eigenvalue weighted by molar-refractivity contribution is 14.1. The molecular formula is C19H14F2IN5O. The zero-order valence-corrected chi connectivity index (χ0v) is 16.5. The van der Waals surface area contributed by atoms with Crippen LogP contribution in [0.4, 0.5) is 14.5 Å². The maximum Gasteiger partial charge on any atom is 0.323 e. The fourth-order valence-electron chi connectivity index (χ4n) is 2.81. The van der Waals surface area contributed by atoms with Crippen molar-refractivity contribution >= 4 is 34.1 Å².